The number of carbonyl (C=O) groups is 1. The van der Waals surface area contributed by atoms with Crippen molar-refractivity contribution in [1.82, 2.24) is 41.0 Å². The number of nitrogens with one attached hydrogen (secondary N) is 3. The number of hydrogen-bond donors (Lipinski definition) is 3. The van der Waals surface area contributed by atoms with E-state index in [-0.39, 0.29) is 18.3 Å². The van der Waals surface area contributed by atoms with Crippen LogP contribution in [-0.4, -0.2) is 49.4 Å². The molecule has 27 heavy (non-hydrogen) atoms. The van der Waals surface area contributed by atoms with Gasteiger partial charge in [0.1, 0.15) is 5.54 Å². The summed E-state index contributed by atoms with van der Waals surface area (Å²) in [7, 11) is 0. The SMILES string of the molecule is Cl.O=C(NCc1ccc(-c2nn[nH]n2)cc1)C1(n2cccn2)CCNCC1. The zero-order valence-corrected chi connectivity index (χ0v) is 15.4. The molecular weight excluding hydrogens is 368 g/mol. The Bertz CT molecular complexity index is 842. The van der Waals surface area contributed by atoms with Crippen molar-refractivity contribution in [3.8, 4) is 11.4 Å². The number of nitrogens with zero attached hydrogens (tertiary/aromatic N) is 5. The Morgan fingerprint density at radius 1 is 1.22 bits per heavy atom. The third kappa shape index (κ3) is 3.83. The van der Waals surface area contributed by atoms with Crippen LogP contribution in [0.25, 0.3) is 11.4 Å². The summed E-state index contributed by atoms with van der Waals surface area (Å²) >= 11 is 0. The molecule has 4 rings (SSSR count). The molecule has 0 bridgehead atoms. The highest BCUT2D eigenvalue weighted by Crippen LogP contribution is 2.27. The zero-order chi connectivity index (χ0) is 17.8. The van der Waals surface area contributed by atoms with Gasteiger partial charge in [0.15, 0.2) is 0 Å². The fourth-order valence-electron chi connectivity index (χ4n) is 3.33. The molecule has 1 fully saturated rings. The predicted octanol–water partition coefficient (Wildman–Crippen LogP) is 0.880. The summed E-state index contributed by atoms with van der Waals surface area (Å²) in [5.41, 5.74) is 1.26. The number of carbonyl (C=O) groups excluding carboxylic acids is 1. The van der Waals surface area contributed by atoms with Gasteiger partial charge in [-0.2, -0.15) is 10.3 Å². The van der Waals surface area contributed by atoms with E-state index >= 15 is 0 Å². The van der Waals surface area contributed by atoms with E-state index in [1.165, 1.54) is 0 Å². The van der Waals surface area contributed by atoms with Crippen molar-refractivity contribution < 1.29 is 4.79 Å². The number of halogens is 1. The van der Waals surface area contributed by atoms with Gasteiger partial charge in [-0.05, 0) is 42.8 Å². The summed E-state index contributed by atoms with van der Waals surface area (Å²) in [6.07, 6.45) is 5.02. The molecule has 10 heteroatoms. The second kappa shape index (κ2) is 8.28. The molecule has 3 aromatic rings. The van der Waals surface area contributed by atoms with Crippen LogP contribution in [-0.2, 0) is 16.9 Å². The number of benzene rings is 1. The van der Waals surface area contributed by atoms with Gasteiger partial charge in [0.2, 0.25) is 11.7 Å². The molecular formula is C17H21ClN8O. The lowest BCUT2D eigenvalue weighted by Gasteiger charge is -2.36. The fraction of sp³-hybridized carbons (Fsp3) is 0.353. The second-order valence-electron chi connectivity index (χ2n) is 6.35. The van der Waals surface area contributed by atoms with E-state index in [2.05, 4.69) is 36.4 Å². The predicted molar refractivity (Wildman–Crippen MR) is 101 cm³/mol. The summed E-state index contributed by atoms with van der Waals surface area (Å²) in [6, 6.07) is 9.60. The van der Waals surface area contributed by atoms with Crippen molar-refractivity contribution in [2.24, 2.45) is 0 Å². The lowest BCUT2D eigenvalue weighted by molar-refractivity contribution is -0.132. The largest absolute Gasteiger partial charge is 0.350 e. The van der Waals surface area contributed by atoms with E-state index < -0.39 is 5.54 Å². The molecule has 1 aromatic carbocycles. The van der Waals surface area contributed by atoms with Crippen LogP contribution in [0.2, 0.25) is 0 Å². The average Bonchev–Trinajstić information content (AvgIpc) is 3.41. The van der Waals surface area contributed by atoms with E-state index in [1.54, 1.807) is 10.9 Å². The van der Waals surface area contributed by atoms with E-state index in [0.29, 0.717) is 12.4 Å². The standard InChI is InChI=1S/C17H20N8O.ClH/c26-16(17(6-9-18-10-7-17)25-11-1-8-20-25)19-12-13-2-4-14(5-3-13)15-21-23-24-22-15;/h1-5,8,11,18H,6-7,9-10,12H2,(H,19,26)(H,21,22,23,24);1H. The summed E-state index contributed by atoms with van der Waals surface area (Å²) in [5, 5.41) is 24.6. The van der Waals surface area contributed by atoms with Gasteiger partial charge in [-0.15, -0.1) is 22.6 Å². The molecule has 2 aromatic heterocycles. The maximum Gasteiger partial charge on any atom is 0.248 e. The Hall–Kier alpha value is -2.78. The molecule has 0 radical (unpaired) electrons. The first-order valence-corrected chi connectivity index (χ1v) is 8.60. The molecule has 0 atom stereocenters. The summed E-state index contributed by atoms with van der Waals surface area (Å²) in [6.45, 7) is 2.06. The number of rotatable bonds is 5. The average molecular weight is 389 g/mol. The number of aromatic nitrogens is 6. The number of piperidine rings is 1. The minimum atomic E-state index is -0.626. The van der Waals surface area contributed by atoms with Gasteiger partial charge in [0.05, 0.1) is 0 Å². The first-order chi connectivity index (χ1) is 12.8. The first kappa shape index (κ1) is 19.0. The third-order valence-electron chi connectivity index (χ3n) is 4.81. The fourth-order valence-corrected chi connectivity index (χ4v) is 3.33. The highest BCUT2D eigenvalue weighted by atomic mass is 35.5. The van der Waals surface area contributed by atoms with Crippen molar-refractivity contribution in [3.63, 3.8) is 0 Å². The van der Waals surface area contributed by atoms with Gasteiger partial charge in [0.25, 0.3) is 0 Å². The lowest BCUT2D eigenvalue weighted by atomic mass is 9.87. The molecule has 3 N–H and O–H groups in total. The molecule has 0 spiro atoms. The van der Waals surface area contributed by atoms with Crippen molar-refractivity contribution in [2.45, 2.75) is 24.9 Å². The van der Waals surface area contributed by atoms with Gasteiger partial charge >= 0.3 is 0 Å². The van der Waals surface area contributed by atoms with Crippen LogP contribution in [0, 0.1) is 0 Å². The number of H-pyrrole nitrogens is 1. The summed E-state index contributed by atoms with van der Waals surface area (Å²) in [5.74, 6) is 0.554. The highest BCUT2D eigenvalue weighted by molar-refractivity contribution is 5.85. The molecule has 9 nitrogen and oxygen atoms in total. The van der Waals surface area contributed by atoms with Crippen molar-refractivity contribution >= 4 is 18.3 Å². The second-order valence-corrected chi connectivity index (χ2v) is 6.35. The van der Waals surface area contributed by atoms with E-state index in [9.17, 15) is 4.79 Å². The maximum absolute atomic E-state index is 13.0. The lowest BCUT2D eigenvalue weighted by Crippen LogP contribution is -2.54. The number of amides is 1. The van der Waals surface area contributed by atoms with Gasteiger partial charge in [0, 0.05) is 24.5 Å². The number of hydrogen-bond acceptors (Lipinski definition) is 6. The molecule has 1 aliphatic heterocycles. The van der Waals surface area contributed by atoms with Crippen molar-refractivity contribution in [3.05, 3.63) is 48.3 Å². The van der Waals surface area contributed by atoms with Gasteiger partial charge in [-0.1, -0.05) is 24.3 Å². The monoisotopic (exact) mass is 388 g/mol. The van der Waals surface area contributed by atoms with Crippen LogP contribution in [0.5, 0.6) is 0 Å². The topological polar surface area (TPSA) is 113 Å². The van der Waals surface area contributed by atoms with E-state index in [4.69, 9.17) is 0 Å². The minimum absolute atomic E-state index is 0. The van der Waals surface area contributed by atoms with Crippen LogP contribution in [0.1, 0.15) is 18.4 Å². The highest BCUT2D eigenvalue weighted by Gasteiger charge is 2.41. The smallest absolute Gasteiger partial charge is 0.248 e. The maximum atomic E-state index is 13.0. The van der Waals surface area contributed by atoms with Gasteiger partial charge in [-0.3, -0.25) is 9.48 Å². The first-order valence-electron chi connectivity index (χ1n) is 8.60. The Kier molecular flexibility index (Phi) is 5.82. The number of tetrazole rings is 1. The molecule has 1 saturated heterocycles. The van der Waals surface area contributed by atoms with Gasteiger partial charge in [-0.25, -0.2) is 0 Å². The van der Waals surface area contributed by atoms with Crippen LogP contribution in [0.3, 0.4) is 0 Å². The van der Waals surface area contributed by atoms with E-state index in [0.717, 1.165) is 37.1 Å². The van der Waals surface area contributed by atoms with Crippen LogP contribution < -0.4 is 10.6 Å². The van der Waals surface area contributed by atoms with Crippen LogP contribution in [0.4, 0.5) is 0 Å². The Labute approximate surface area is 162 Å². The molecule has 0 saturated carbocycles. The quantitative estimate of drug-likeness (QED) is 0.598. The Balaban J connectivity index is 0.00000210. The molecule has 0 aliphatic carbocycles. The number of aromatic amines is 1. The molecule has 3 heterocycles. The van der Waals surface area contributed by atoms with Crippen molar-refractivity contribution in [1.29, 1.82) is 0 Å². The summed E-state index contributed by atoms with van der Waals surface area (Å²) < 4.78 is 1.79. The van der Waals surface area contributed by atoms with E-state index in [1.807, 2.05) is 36.5 Å². The van der Waals surface area contributed by atoms with Crippen LogP contribution >= 0.6 is 12.4 Å². The zero-order valence-electron chi connectivity index (χ0n) is 14.6. The molecule has 1 aliphatic rings. The van der Waals surface area contributed by atoms with Crippen LogP contribution in [0.15, 0.2) is 42.7 Å². The molecule has 0 unspecified atom stereocenters. The van der Waals surface area contributed by atoms with Gasteiger partial charge < -0.3 is 10.6 Å². The normalized spacial score (nSPS) is 15.7. The third-order valence-corrected chi connectivity index (χ3v) is 4.81. The van der Waals surface area contributed by atoms with Crippen molar-refractivity contribution in [2.75, 3.05) is 13.1 Å². The minimum Gasteiger partial charge on any atom is -0.350 e. The Morgan fingerprint density at radius 2 is 2.00 bits per heavy atom. The molecule has 1 amide bonds. The summed E-state index contributed by atoms with van der Waals surface area (Å²) in [4.78, 5) is 13.0. The molecule has 142 valence electrons. The Morgan fingerprint density at radius 3 is 2.63 bits per heavy atom.